The smallest absolute Gasteiger partial charge is 0.229 e. The number of anilines is 2. The number of hydrogen-bond donors (Lipinski definition) is 1. The molecule has 29 heavy (non-hydrogen) atoms. The monoisotopic (exact) mass is 395 g/mol. The number of hydrogen-bond acceptors (Lipinski definition) is 4. The van der Waals surface area contributed by atoms with Crippen LogP contribution in [0.2, 0.25) is 0 Å². The molecule has 0 aliphatic carbocycles. The van der Waals surface area contributed by atoms with E-state index in [-0.39, 0.29) is 24.2 Å². The average molecular weight is 396 g/mol. The van der Waals surface area contributed by atoms with Crippen molar-refractivity contribution in [1.82, 2.24) is 4.90 Å². The van der Waals surface area contributed by atoms with Gasteiger partial charge in [0.2, 0.25) is 11.8 Å². The molecule has 3 rings (SSSR count). The first kappa shape index (κ1) is 20.7. The van der Waals surface area contributed by atoms with Gasteiger partial charge in [-0.2, -0.15) is 0 Å². The van der Waals surface area contributed by atoms with E-state index in [0.717, 1.165) is 35.8 Å². The third-order valence-corrected chi connectivity index (χ3v) is 5.40. The Hall–Kier alpha value is -3.02. The molecule has 2 aromatic rings. The average Bonchev–Trinajstić information content (AvgIpc) is 3.11. The maximum absolute atomic E-state index is 12.7. The van der Waals surface area contributed by atoms with E-state index in [1.54, 1.807) is 12.0 Å². The maximum Gasteiger partial charge on any atom is 0.229 e. The quantitative estimate of drug-likeness (QED) is 0.743. The second-order valence-corrected chi connectivity index (χ2v) is 7.20. The minimum Gasteiger partial charge on any atom is -0.496 e. The van der Waals surface area contributed by atoms with Gasteiger partial charge < -0.3 is 19.9 Å². The molecule has 1 unspecified atom stereocenters. The molecule has 2 amide bonds. The molecule has 154 valence electrons. The summed E-state index contributed by atoms with van der Waals surface area (Å²) >= 11 is 0. The van der Waals surface area contributed by atoms with E-state index in [4.69, 9.17) is 4.74 Å². The Kier molecular flexibility index (Phi) is 6.75. The number of amides is 2. The van der Waals surface area contributed by atoms with Crippen molar-refractivity contribution in [1.29, 1.82) is 0 Å². The first-order chi connectivity index (χ1) is 14.0. The second-order valence-electron chi connectivity index (χ2n) is 7.20. The minimum absolute atomic E-state index is 0.00654. The van der Waals surface area contributed by atoms with Crippen molar-refractivity contribution in [3.63, 3.8) is 0 Å². The molecule has 0 radical (unpaired) electrons. The largest absolute Gasteiger partial charge is 0.496 e. The molecule has 6 heteroatoms. The van der Waals surface area contributed by atoms with Gasteiger partial charge in [0.1, 0.15) is 5.75 Å². The molecule has 1 N–H and O–H groups in total. The maximum atomic E-state index is 12.7. The van der Waals surface area contributed by atoms with E-state index in [9.17, 15) is 9.59 Å². The Balaban J connectivity index is 1.60. The molecule has 0 saturated carbocycles. The molecule has 1 aliphatic heterocycles. The van der Waals surface area contributed by atoms with Gasteiger partial charge in [0.25, 0.3) is 0 Å². The van der Waals surface area contributed by atoms with Crippen molar-refractivity contribution < 1.29 is 14.3 Å². The third kappa shape index (κ3) is 4.88. The van der Waals surface area contributed by atoms with E-state index in [2.05, 4.69) is 24.1 Å². The number of rotatable bonds is 8. The number of carbonyl (C=O) groups is 2. The summed E-state index contributed by atoms with van der Waals surface area (Å²) in [6, 6.07) is 15.5. The standard InChI is InChI=1S/C23H29N3O3/c1-4-25(5-2)20-12-10-19(11-13-20)24-23(28)18-14-22(27)26(16-18)15-17-8-6-7-9-21(17)29-3/h6-13,18H,4-5,14-16H2,1-3H3,(H,24,28). The van der Waals surface area contributed by atoms with Gasteiger partial charge in [-0.1, -0.05) is 18.2 Å². The number of nitrogens with zero attached hydrogens (tertiary/aromatic N) is 2. The Morgan fingerprint density at radius 1 is 1.14 bits per heavy atom. The Morgan fingerprint density at radius 3 is 2.48 bits per heavy atom. The van der Waals surface area contributed by atoms with Crippen molar-refractivity contribution in [2.45, 2.75) is 26.8 Å². The van der Waals surface area contributed by atoms with Crippen LogP contribution in [0.15, 0.2) is 48.5 Å². The predicted octanol–water partition coefficient (Wildman–Crippen LogP) is 3.53. The molecular weight excluding hydrogens is 366 g/mol. The van der Waals surface area contributed by atoms with E-state index in [0.29, 0.717) is 13.1 Å². The number of benzene rings is 2. The topological polar surface area (TPSA) is 61.9 Å². The van der Waals surface area contributed by atoms with Crippen LogP contribution in [0.3, 0.4) is 0 Å². The van der Waals surface area contributed by atoms with Crippen LogP contribution >= 0.6 is 0 Å². The Labute approximate surface area is 172 Å². The fraction of sp³-hybridized carbons (Fsp3) is 0.391. The zero-order chi connectivity index (χ0) is 20.8. The summed E-state index contributed by atoms with van der Waals surface area (Å²) in [6.45, 7) is 6.98. The van der Waals surface area contributed by atoms with Gasteiger partial charge in [-0.3, -0.25) is 9.59 Å². The highest BCUT2D eigenvalue weighted by atomic mass is 16.5. The zero-order valence-electron chi connectivity index (χ0n) is 17.4. The molecule has 1 atom stereocenters. The Bertz CT molecular complexity index is 847. The van der Waals surface area contributed by atoms with Gasteiger partial charge in [-0.05, 0) is 44.2 Å². The number of nitrogens with one attached hydrogen (secondary N) is 1. The summed E-state index contributed by atoms with van der Waals surface area (Å²) in [6.07, 6.45) is 0.235. The number of ether oxygens (including phenoxy) is 1. The van der Waals surface area contributed by atoms with Crippen LogP contribution in [0.4, 0.5) is 11.4 Å². The van der Waals surface area contributed by atoms with Gasteiger partial charge in [-0.15, -0.1) is 0 Å². The van der Waals surface area contributed by atoms with Crippen LogP contribution in [0.5, 0.6) is 5.75 Å². The number of carbonyl (C=O) groups excluding carboxylic acids is 2. The molecule has 1 heterocycles. The summed E-state index contributed by atoms with van der Waals surface area (Å²) in [7, 11) is 1.62. The fourth-order valence-corrected chi connectivity index (χ4v) is 3.73. The van der Waals surface area contributed by atoms with E-state index in [1.165, 1.54) is 0 Å². The molecule has 2 aromatic carbocycles. The molecule has 0 bridgehead atoms. The highest BCUT2D eigenvalue weighted by Gasteiger charge is 2.34. The van der Waals surface area contributed by atoms with Crippen molar-refractivity contribution in [2.24, 2.45) is 5.92 Å². The fourth-order valence-electron chi connectivity index (χ4n) is 3.73. The molecular formula is C23H29N3O3. The summed E-state index contributed by atoms with van der Waals surface area (Å²) in [5.74, 6) is 0.283. The van der Waals surface area contributed by atoms with Crippen molar-refractivity contribution in [3.05, 3.63) is 54.1 Å². The minimum atomic E-state index is -0.348. The lowest BCUT2D eigenvalue weighted by atomic mass is 10.1. The van der Waals surface area contributed by atoms with Crippen molar-refractivity contribution >= 4 is 23.2 Å². The number of methoxy groups -OCH3 is 1. The van der Waals surface area contributed by atoms with Gasteiger partial charge in [0, 0.05) is 49.5 Å². The van der Waals surface area contributed by atoms with Crippen LogP contribution in [-0.4, -0.2) is 43.5 Å². The highest BCUT2D eigenvalue weighted by Crippen LogP contribution is 2.26. The first-order valence-corrected chi connectivity index (χ1v) is 10.1. The molecule has 1 aliphatic rings. The summed E-state index contributed by atoms with van der Waals surface area (Å²) in [5.41, 5.74) is 2.82. The van der Waals surface area contributed by atoms with Crippen LogP contribution in [-0.2, 0) is 16.1 Å². The molecule has 0 aromatic heterocycles. The SMILES string of the molecule is CCN(CC)c1ccc(NC(=O)C2CC(=O)N(Cc3ccccc3OC)C2)cc1. The van der Waals surface area contributed by atoms with Crippen LogP contribution in [0.25, 0.3) is 0 Å². The van der Waals surface area contributed by atoms with E-state index < -0.39 is 0 Å². The summed E-state index contributed by atoms with van der Waals surface area (Å²) in [4.78, 5) is 29.1. The van der Waals surface area contributed by atoms with E-state index >= 15 is 0 Å². The third-order valence-electron chi connectivity index (χ3n) is 5.40. The molecule has 6 nitrogen and oxygen atoms in total. The molecule has 1 fully saturated rings. The normalized spacial score (nSPS) is 16.0. The second kappa shape index (κ2) is 9.45. The molecule has 0 spiro atoms. The lowest BCUT2D eigenvalue weighted by Gasteiger charge is -2.21. The Morgan fingerprint density at radius 2 is 1.83 bits per heavy atom. The van der Waals surface area contributed by atoms with Crippen LogP contribution in [0.1, 0.15) is 25.8 Å². The predicted molar refractivity (Wildman–Crippen MR) is 115 cm³/mol. The van der Waals surface area contributed by atoms with Crippen molar-refractivity contribution in [2.75, 3.05) is 37.0 Å². The van der Waals surface area contributed by atoms with Gasteiger partial charge >= 0.3 is 0 Å². The zero-order valence-corrected chi connectivity index (χ0v) is 17.4. The first-order valence-electron chi connectivity index (χ1n) is 10.1. The summed E-state index contributed by atoms with van der Waals surface area (Å²) < 4.78 is 5.37. The summed E-state index contributed by atoms with van der Waals surface area (Å²) in [5, 5.41) is 2.95. The highest BCUT2D eigenvalue weighted by molar-refractivity contribution is 5.97. The van der Waals surface area contributed by atoms with Crippen LogP contribution < -0.4 is 15.0 Å². The van der Waals surface area contributed by atoms with Gasteiger partial charge in [0.15, 0.2) is 0 Å². The lowest BCUT2D eigenvalue weighted by molar-refractivity contribution is -0.128. The number of para-hydroxylation sites is 1. The lowest BCUT2D eigenvalue weighted by Crippen LogP contribution is -2.28. The van der Waals surface area contributed by atoms with Crippen molar-refractivity contribution in [3.8, 4) is 5.75 Å². The van der Waals surface area contributed by atoms with Gasteiger partial charge in [-0.25, -0.2) is 0 Å². The van der Waals surface area contributed by atoms with E-state index in [1.807, 2.05) is 48.5 Å². The number of likely N-dealkylation sites (tertiary alicyclic amines) is 1. The van der Waals surface area contributed by atoms with Crippen LogP contribution in [0, 0.1) is 5.92 Å². The van der Waals surface area contributed by atoms with Gasteiger partial charge in [0.05, 0.1) is 13.0 Å². The molecule has 1 saturated heterocycles.